The van der Waals surface area contributed by atoms with E-state index in [0.717, 1.165) is 12.8 Å². The SMILES string of the molecule is COc1cccc(C(F)(F)CNC(=O)C2(O)CC(C)CCC2C(C)C)c1. The van der Waals surface area contributed by atoms with E-state index < -0.39 is 24.0 Å². The normalized spacial score (nSPS) is 26.6. The van der Waals surface area contributed by atoms with Gasteiger partial charge in [-0.2, -0.15) is 8.78 Å². The van der Waals surface area contributed by atoms with E-state index in [1.165, 1.54) is 25.3 Å². The van der Waals surface area contributed by atoms with Gasteiger partial charge < -0.3 is 15.2 Å². The Morgan fingerprint density at radius 2 is 2.12 bits per heavy atom. The van der Waals surface area contributed by atoms with Crippen LogP contribution >= 0.6 is 0 Å². The molecule has 0 saturated heterocycles. The Bertz CT molecular complexity index is 635. The van der Waals surface area contributed by atoms with Crippen molar-refractivity contribution in [2.45, 2.75) is 51.6 Å². The third kappa shape index (κ3) is 4.34. The van der Waals surface area contributed by atoms with Crippen molar-refractivity contribution >= 4 is 5.91 Å². The molecule has 0 bridgehead atoms. The molecule has 0 spiro atoms. The summed E-state index contributed by atoms with van der Waals surface area (Å²) in [6.07, 6.45) is 1.94. The van der Waals surface area contributed by atoms with E-state index in [0.29, 0.717) is 12.2 Å². The molecule has 1 aromatic rings. The molecule has 6 heteroatoms. The Labute approximate surface area is 153 Å². The second-order valence-electron chi connectivity index (χ2n) is 7.78. The van der Waals surface area contributed by atoms with E-state index in [9.17, 15) is 18.7 Å². The molecule has 3 unspecified atom stereocenters. The first-order valence-corrected chi connectivity index (χ1v) is 9.13. The van der Waals surface area contributed by atoms with Gasteiger partial charge in [0, 0.05) is 5.56 Å². The number of halogens is 2. The largest absolute Gasteiger partial charge is 0.497 e. The number of amides is 1. The quantitative estimate of drug-likeness (QED) is 0.803. The Morgan fingerprint density at radius 3 is 2.73 bits per heavy atom. The number of methoxy groups -OCH3 is 1. The average molecular weight is 369 g/mol. The van der Waals surface area contributed by atoms with E-state index >= 15 is 0 Å². The van der Waals surface area contributed by atoms with Gasteiger partial charge in [-0.05, 0) is 42.7 Å². The molecule has 1 aromatic carbocycles. The van der Waals surface area contributed by atoms with Crippen LogP contribution in [0.15, 0.2) is 24.3 Å². The highest BCUT2D eigenvalue weighted by Gasteiger charge is 2.49. The van der Waals surface area contributed by atoms with Crippen molar-refractivity contribution in [3.05, 3.63) is 29.8 Å². The zero-order valence-corrected chi connectivity index (χ0v) is 15.9. The lowest BCUT2D eigenvalue weighted by Crippen LogP contribution is -2.57. The molecule has 26 heavy (non-hydrogen) atoms. The number of nitrogens with one attached hydrogen (secondary N) is 1. The number of carbonyl (C=O) groups excluding carboxylic acids is 1. The Kier molecular flexibility index (Phi) is 6.27. The maximum absolute atomic E-state index is 14.5. The Morgan fingerprint density at radius 1 is 1.42 bits per heavy atom. The molecule has 1 aliphatic carbocycles. The molecule has 4 nitrogen and oxygen atoms in total. The molecule has 0 aromatic heterocycles. The second-order valence-corrected chi connectivity index (χ2v) is 7.78. The minimum absolute atomic E-state index is 0.0946. The lowest BCUT2D eigenvalue weighted by Gasteiger charge is -2.43. The van der Waals surface area contributed by atoms with Crippen molar-refractivity contribution < 1.29 is 23.4 Å². The van der Waals surface area contributed by atoms with Gasteiger partial charge in [0.1, 0.15) is 11.4 Å². The van der Waals surface area contributed by atoms with Crippen LogP contribution in [0.3, 0.4) is 0 Å². The van der Waals surface area contributed by atoms with Crippen LogP contribution in [0.25, 0.3) is 0 Å². The highest BCUT2D eigenvalue weighted by atomic mass is 19.3. The number of carbonyl (C=O) groups is 1. The summed E-state index contributed by atoms with van der Waals surface area (Å²) in [5, 5.41) is 13.3. The van der Waals surface area contributed by atoms with Crippen LogP contribution in [0, 0.1) is 17.8 Å². The molecule has 0 radical (unpaired) electrons. The fourth-order valence-electron chi connectivity index (χ4n) is 3.93. The predicted molar refractivity (Wildman–Crippen MR) is 96.2 cm³/mol. The van der Waals surface area contributed by atoms with Gasteiger partial charge >= 0.3 is 0 Å². The second kappa shape index (κ2) is 7.91. The van der Waals surface area contributed by atoms with Gasteiger partial charge in [-0.3, -0.25) is 4.79 Å². The van der Waals surface area contributed by atoms with Crippen LogP contribution < -0.4 is 10.1 Å². The third-order valence-corrected chi connectivity index (χ3v) is 5.40. The summed E-state index contributed by atoms with van der Waals surface area (Å²) in [6, 6.07) is 5.61. The molecule has 1 aliphatic rings. The van der Waals surface area contributed by atoms with Gasteiger partial charge in [0.05, 0.1) is 13.7 Å². The molecule has 2 N–H and O–H groups in total. The van der Waals surface area contributed by atoms with E-state index in [4.69, 9.17) is 4.74 Å². The van der Waals surface area contributed by atoms with Gasteiger partial charge in [-0.25, -0.2) is 0 Å². The Balaban J connectivity index is 2.12. The fraction of sp³-hybridized carbons (Fsp3) is 0.650. The highest BCUT2D eigenvalue weighted by Crippen LogP contribution is 2.41. The minimum Gasteiger partial charge on any atom is -0.497 e. The molecular formula is C20H29F2NO3. The summed E-state index contributed by atoms with van der Waals surface area (Å²) >= 11 is 0. The number of hydrogen-bond acceptors (Lipinski definition) is 3. The number of aliphatic hydroxyl groups is 1. The van der Waals surface area contributed by atoms with Gasteiger partial charge in [0.25, 0.3) is 11.8 Å². The minimum atomic E-state index is -3.26. The molecule has 1 amide bonds. The number of benzene rings is 1. The molecule has 146 valence electrons. The van der Waals surface area contributed by atoms with E-state index in [1.807, 2.05) is 20.8 Å². The van der Waals surface area contributed by atoms with Crippen LogP contribution in [-0.4, -0.2) is 30.3 Å². The molecule has 0 heterocycles. The van der Waals surface area contributed by atoms with Gasteiger partial charge in [-0.1, -0.05) is 39.3 Å². The first kappa shape index (κ1) is 20.6. The smallest absolute Gasteiger partial charge is 0.290 e. The van der Waals surface area contributed by atoms with Crippen molar-refractivity contribution in [3.63, 3.8) is 0 Å². The third-order valence-electron chi connectivity index (χ3n) is 5.40. The van der Waals surface area contributed by atoms with E-state index in [2.05, 4.69) is 5.32 Å². The average Bonchev–Trinajstić information content (AvgIpc) is 2.59. The van der Waals surface area contributed by atoms with Crippen LogP contribution in [-0.2, 0) is 10.7 Å². The summed E-state index contributed by atoms with van der Waals surface area (Å²) in [7, 11) is 1.41. The lowest BCUT2D eigenvalue weighted by atomic mass is 9.66. The summed E-state index contributed by atoms with van der Waals surface area (Å²) in [4.78, 5) is 12.7. The fourth-order valence-corrected chi connectivity index (χ4v) is 3.93. The summed E-state index contributed by atoms with van der Waals surface area (Å²) in [6.45, 7) is 5.01. The van der Waals surface area contributed by atoms with Crippen molar-refractivity contribution in [3.8, 4) is 5.75 Å². The lowest BCUT2D eigenvalue weighted by molar-refractivity contribution is -0.157. The zero-order valence-electron chi connectivity index (χ0n) is 15.9. The summed E-state index contributed by atoms with van der Waals surface area (Å²) < 4.78 is 34.0. The van der Waals surface area contributed by atoms with Crippen molar-refractivity contribution in [1.82, 2.24) is 5.32 Å². The number of ether oxygens (including phenoxy) is 1. The van der Waals surface area contributed by atoms with Gasteiger partial charge in [0.15, 0.2) is 0 Å². The van der Waals surface area contributed by atoms with E-state index in [-0.39, 0.29) is 23.3 Å². The van der Waals surface area contributed by atoms with Crippen LogP contribution in [0.5, 0.6) is 5.75 Å². The van der Waals surface area contributed by atoms with Crippen LogP contribution in [0.1, 0.15) is 45.6 Å². The predicted octanol–water partition coefficient (Wildman–Crippen LogP) is 3.73. The molecular weight excluding hydrogens is 340 g/mol. The first-order valence-electron chi connectivity index (χ1n) is 9.13. The van der Waals surface area contributed by atoms with Crippen molar-refractivity contribution in [2.75, 3.05) is 13.7 Å². The number of rotatable bonds is 6. The zero-order chi connectivity index (χ0) is 19.5. The topological polar surface area (TPSA) is 58.6 Å². The monoisotopic (exact) mass is 369 g/mol. The van der Waals surface area contributed by atoms with Crippen molar-refractivity contribution in [1.29, 1.82) is 0 Å². The summed E-state index contributed by atoms with van der Waals surface area (Å²) in [5.41, 5.74) is -1.84. The standard InChI is InChI=1S/C20H29F2NO3/c1-13(2)17-9-8-14(3)11-19(17,25)18(24)23-12-20(21,22)15-6-5-7-16(10-15)26-4/h5-7,10,13-14,17,25H,8-9,11-12H2,1-4H3,(H,23,24). The number of hydrogen-bond donors (Lipinski definition) is 2. The first-order chi connectivity index (χ1) is 12.1. The molecule has 2 rings (SSSR count). The molecule has 1 saturated carbocycles. The molecule has 0 aliphatic heterocycles. The van der Waals surface area contributed by atoms with Gasteiger partial charge in [0.2, 0.25) is 0 Å². The highest BCUT2D eigenvalue weighted by molar-refractivity contribution is 5.85. The molecule has 1 fully saturated rings. The van der Waals surface area contributed by atoms with E-state index in [1.54, 1.807) is 6.07 Å². The van der Waals surface area contributed by atoms with Crippen LogP contribution in [0.4, 0.5) is 8.78 Å². The summed E-state index contributed by atoms with van der Waals surface area (Å²) in [5.74, 6) is -3.59. The van der Waals surface area contributed by atoms with Gasteiger partial charge in [-0.15, -0.1) is 0 Å². The maximum Gasteiger partial charge on any atom is 0.290 e. The molecule has 3 atom stereocenters. The van der Waals surface area contributed by atoms with Crippen molar-refractivity contribution in [2.24, 2.45) is 17.8 Å². The maximum atomic E-state index is 14.5. The van der Waals surface area contributed by atoms with Crippen LogP contribution in [0.2, 0.25) is 0 Å². The Hall–Kier alpha value is -1.69. The number of alkyl halides is 2.